The number of aliphatic hydroxyl groups excluding tert-OH is 1. The molecule has 0 bridgehead atoms. The lowest BCUT2D eigenvalue weighted by atomic mass is 9.96. The van der Waals surface area contributed by atoms with Crippen LogP contribution in [0, 0.1) is 6.92 Å². The summed E-state index contributed by atoms with van der Waals surface area (Å²) in [4.78, 5) is 12.4. The molecule has 1 aromatic carbocycles. The highest BCUT2D eigenvalue weighted by molar-refractivity contribution is 7.89. The van der Waals surface area contributed by atoms with Gasteiger partial charge >= 0.3 is 0 Å². The Bertz CT molecular complexity index is 848. The van der Waals surface area contributed by atoms with Gasteiger partial charge in [0.05, 0.1) is 55.5 Å². The third kappa shape index (κ3) is 6.03. The summed E-state index contributed by atoms with van der Waals surface area (Å²) in [6.07, 6.45) is -0.517. The highest BCUT2D eigenvalue weighted by atomic mass is 32.2. The van der Waals surface area contributed by atoms with Crippen LogP contribution in [-0.4, -0.2) is 88.1 Å². The van der Waals surface area contributed by atoms with Crippen LogP contribution in [0.1, 0.15) is 24.8 Å². The Balaban J connectivity index is 1.76. The molecule has 2 N–H and O–H groups in total. The van der Waals surface area contributed by atoms with Gasteiger partial charge in [-0.15, -0.1) is 0 Å². The van der Waals surface area contributed by atoms with Crippen LogP contribution in [0.5, 0.6) is 0 Å². The van der Waals surface area contributed by atoms with Gasteiger partial charge in [-0.1, -0.05) is 18.2 Å². The number of amides is 1. The number of methoxy groups -OCH3 is 1. The molecule has 9 nitrogen and oxygen atoms in total. The van der Waals surface area contributed by atoms with Gasteiger partial charge in [0.25, 0.3) is 0 Å². The van der Waals surface area contributed by atoms with Crippen molar-refractivity contribution in [3.63, 3.8) is 0 Å². The number of hydrogen-bond donors (Lipinski definition) is 2. The predicted octanol–water partition coefficient (Wildman–Crippen LogP) is 0.446. The normalized spacial score (nSPS) is 27.7. The largest absolute Gasteiger partial charge is 0.389 e. The lowest BCUT2D eigenvalue weighted by Crippen LogP contribution is -2.57. The number of benzene rings is 1. The minimum atomic E-state index is -3.85. The number of ether oxygens (including phenoxy) is 3. The first-order valence-electron chi connectivity index (χ1n) is 10.6. The molecule has 0 saturated carbocycles. The van der Waals surface area contributed by atoms with Crippen LogP contribution in [0.4, 0.5) is 0 Å². The molecule has 1 amide bonds. The number of sulfonamides is 1. The highest BCUT2D eigenvalue weighted by Gasteiger charge is 2.43. The third-order valence-corrected chi connectivity index (χ3v) is 7.71. The molecular formula is C21H32N2O7S. The Hall–Kier alpha value is -1.56. The first-order valence-corrected chi connectivity index (χ1v) is 12.0. The van der Waals surface area contributed by atoms with Crippen molar-refractivity contribution in [3.05, 3.63) is 29.8 Å². The van der Waals surface area contributed by atoms with Gasteiger partial charge in [0.2, 0.25) is 15.9 Å². The third-order valence-electron chi connectivity index (χ3n) is 5.66. The molecule has 0 aliphatic carbocycles. The van der Waals surface area contributed by atoms with E-state index in [0.717, 1.165) is 0 Å². The molecular weight excluding hydrogens is 424 g/mol. The molecule has 0 unspecified atom stereocenters. The fourth-order valence-electron chi connectivity index (χ4n) is 4.11. The summed E-state index contributed by atoms with van der Waals surface area (Å²) in [6, 6.07) is 6.34. The van der Waals surface area contributed by atoms with Gasteiger partial charge in [0.1, 0.15) is 0 Å². The maximum Gasteiger partial charge on any atom is 0.243 e. The van der Waals surface area contributed by atoms with E-state index in [-0.39, 0.29) is 43.1 Å². The van der Waals surface area contributed by atoms with E-state index in [1.807, 2.05) is 0 Å². The zero-order chi connectivity index (χ0) is 22.4. The maximum atomic E-state index is 13.5. The molecule has 1 aromatic rings. The molecule has 174 valence electrons. The number of β-amino-alcohol motifs (C(OH)–C–C–N with tert-alkyl or cyclic N) is 1. The van der Waals surface area contributed by atoms with E-state index >= 15 is 0 Å². The molecule has 2 aliphatic heterocycles. The number of nitrogens with zero attached hydrogens (tertiary/aromatic N) is 1. The second kappa shape index (κ2) is 10.8. The zero-order valence-corrected chi connectivity index (χ0v) is 18.8. The lowest BCUT2D eigenvalue weighted by molar-refractivity contribution is -0.146. The van der Waals surface area contributed by atoms with Gasteiger partial charge in [-0.2, -0.15) is 4.31 Å². The lowest BCUT2D eigenvalue weighted by Gasteiger charge is -2.43. The predicted molar refractivity (Wildman–Crippen MR) is 113 cm³/mol. The standard InChI is InChI=1S/C21H32N2O7S/c1-15-5-3-4-6-20(15)31(26,27)23-12-16(24)13-29-14-19-18(23)8-7-17(30-19)11-21(25)22-9-10-28-2/h3-6,16-19,24H,7-14H2,1-2H3,(H,22,25)/t16-,17-,18+,19-/m0/s1. The molecule has 10 heteroatoms. The van der Waals surface area contributed by atoms with E-state index in [0.29, 0.717) is 31.6 Å². The average Bonchev–Trinajstić information content (AvgIpc) is 2.71. The van der Waals surface area contributed by atoms with Crippen LogP contribution in [-0.2, 0) is 29.0 Å². The topological polar surface area (TPSA) is 114 Å². The van der Waals surface area contributed by atoms with Gasteiger partial charge in [-0.05, 0) is 31.4 Å². The Labute approximate surface area is 183 Å². The number of nitrogens with one attached hydrogen (secondary N) is 1. The molecule has 2 saturated heterocycles. The zero-order valence-electron chi connectivity index (χ0n) is 18.0. The summed E-state index contributed by atoms with van der Waals surface area (Å²) < 4.78 is 45.0. The monoisotopic (exact) mass is 456 g/mol. The van der Waals surface area contributed by atoms with Crippen LogP contribution in [0.25, 0.3) is 0 Å². The number of aliphatic hydroxyl groups is 1. The molecule has 2 heterocycles. The van der Waals surface area contributed by atoms with Crippen molar-refractivity contribution in [2.75, 3.05) is 40.0 Å². The van der Waals surface area contributed by atoms with E-state index in [2.05, 4.69) is 5.32 Å². The average molecular weight is 457 g/mol. The second-order valence-electron chi connectivity index (χ2n) is 8.02. The van der Waals surface area contributed by atoms with E-state index in [4.69, 9.17) is 14.2 Å². The van der Waals surface area contributed by atoms with Gasteiger partial charge < -0.3 is 24.6 Å². The SMILES string of the molecule is COCCNC(=O)C[C@@H]1CC[C@@H]2[C@H](COC[C@@H](O)CN2S(=O)(=O)c2ccccc2C)O1. The summed E-state index contributed by atoms with van der Waals surface area (Å²) >= 11 is 0. The van der Waals surface area contributed by atoms with E-state index in [1.54, 1.807) is 38.3 Å². The summed E-state index contributed by atoms with van der Waals surface area (Å²) in [5.41, 5.74) is 0.647. The molecule has 3 rings (SSSR count). The molecule has 2 fully saturated rings. The van der Waals surface area contributed by atoms with E-state index < -0.39 is 28.3 Å². The number of carbonyl (C=O) groups excluding carboxylic acids is 1. The molecule has 0 spiro atoms. The van der Waals surface area contributed by atoms with Gasteiger partial charge in [-0.25, -0.2) is 8.42 Å². The molecule has 0 aromatic heterocycles. The highest BCUT2D eigenvalue weighted by Crippen LogP contribution is 2.32. The van der Waals surface area contributed by atoms with E-state index in [1.165, 1.54) is 4.31 Å². The minimum absolute atomic E-state index is 0.0224. The minimum Gasteiger partial charge on any atom is -0.389 e. The van der Waals surface area contributed by atoms with Crippen LogP contribution >= 0.6 is 0 Å². The van der Waals surface area contributed by atoms with Crippen molar-refractivity contribution in [3.8, 4) is 0 Å². The van der Waals surface area contributed by atoms with Crippen LogP contribution < -0.4 is 5.32 Å². The Morgan fingerprint density at radius 2 is 2.06 bits per heavy atom. The quantitative estimate of drug-likeness (QED) is 0.573. The first-order chi connectivity index (χ1) is 14.8. The van der Waals surface area contributed by atoms with Crippen molar-refractivity contribution < 1.29 is 32.5 Å². The van der Waals surface area contributed by atoms with Crippen LogP contribution in [0.3, 0.4) is 0 Å². The summed E-state index contributed by atoms with van der Waals surface area (Å²) in [7, 11) is -2.28. The number of fused-ring (bicyclic) bond motifs is 1. The fraction of sp³-hybridized carbons (Fsp3) is 0.667. The first kappa shape index (κ1) is 24.1. The number of hydrogen-bond acceptors (Lipinski definition) is 7. The summed E-state index contributed by atoms with van der Waals surface area (Å²) in [6.45, 7) is 2.73. The molecule has 4 atom stereocenters. The Kier molecular flexibility index (Phi) is 8.43. The van der Waals surface area contributed by atoms with E-state index in [9.17, 15) is 18.3 Å². The van der Waals surface area contributed by atoms with Crippen LogP contribution in [0.15, 0.2) is 29.2 Å². The van der Waals surface area contributed by atoms with Crippen molar-refractivity contribution in [1.29, 1.82) is 0 Å². The number of aryl methyl sites for hydroxylation is 1. The van der Waals surface area contributed by atoms with Crippen molar-refractivity contribution in [2.45, 2.75) is 55.4 Å². The van der Waals surface area contributed by atoms with Gasteiger partial charge in [0, 0.05) is 20.2 Å². The Morgan fingerprint density at radius 1 is 1.29 bits per heavy atom. The van der Waals surface area contributed by atoms with Crippen molar-refractivity contribution in [1.82, 2.24) is 9.62 Å². The van der Waals surface area contributed by atoms with Gasteiger partial charge in [-0.3, -0.25) is 4.79 Å². The molecule has 2 aliphatic rings. The smallest absolute Gasteiger partial charge is 0.243 e. The Morgan fingerprint density at radius 3 is 2.81 bits per heavy atom. The second-order valence-corrected chi connectivity index (χ2v) is 9.88. The molecule has 0 radical (unpaired) electrons. The van der Waals surface area contributed by atoms with Gasteiger partial charge in [0.15, 0.2) is 0 Å². The number of rotatable bonds is 7. The maximum absolute atomic E-state index is 13.5. The number of carbonyl (C=O) groups is 1. The fourth-order valence-corrected chi connectivity index (χ4v) is 6.06. The molecule has 31 heavy (non-hydrogen) atoms. The summed E-state index contributed by atoms with van der Waals surface area (Å²) in [5, 5.41) is 13.1. The van der Waals surface area contributed by atoms with Crippen molar-refractivity contribution in [2.24, 2.45) is 0 Å². The van der Waals surface area contributed by atoms with Crippen molar-refractivity contribution >= 4 is 15.9 Å². The van der Waals surface area contributed by atoms with Crippen LogP contribution in [0.2, 0.25) is 0 Å². The summed E-state index contributed by atoms with van der Waals surface area (Å²) in [5.74, 6) is -0.132.